The summed E-state index contributed by atoms with van der Waals surface area (Å²) in [6.45, 7) is -2.86. The summed E-state index contributed by atoms with van der Waals surface area (Å²) in [4.78, 5) is 0. The van der Waals surface area contributed by atoms with E-state index in [-0.39, 0.29) is 17.6 Å². The third kappa shape index (κ3) is 3.49. The van der Waals surface area contributed by atoms with Crippen LogP contribution >= 0.6 is 0 Å². The van der Waals surface area contributed by atoms with Gasteiger partial charge in [-0.15, -0.1) is 0 Å². The molecule has 0 aliphatic rings. The van der Waals surface area contributed by atoms with Gasteiger partial charge in [0.15, 0.2) is 0 Å². The Morgan fingerprint density at radius 3 is 1.85 bits per heavy atom. The summed E-state index contributed by atoms with van der Waals surface area (Å²) >= 11 is 0. The number of nitrogens with one attached hydrogen (secondary N) is 1. The Morgan fingerprint density at radius 1 is 0.900 bits per heavy atom. The van der Waals surface area contributed by atoms with Gasteiger partial charge in [-0.3, -0.25) is 5.84 Å². The molecule has 0 aliphatic carbocycles. The second-order valence-corrected chi connectivity index (χ2v) is 4.10. The highest BCUT2D eigenvalue weighted by Crippen LogP contribution is 2.24. The molecule has 0 saturated carbocycles. The minimum atomic E-state index is -2.86. The molecule has 6 heteroatoms. The van der Waals surface area contributed by atoms with Gasteiger partial charge in [-0.1, -0.05) is 24.3 Å². The first kappa shape index (κ1) is 14.4. The maximum atomic E-state index is 12.9. The summed E-state index contributed by atoms with van der Waals surface area (Å²) in [6, 6.07) is 11.6. The highest BCUT2D eigenvalue weighted by molar-refractivity contribution is 5.35. The first-order valence-electron chi connectivity index (χ1n) is 5.86. The molecule has 0 amide bonds. The van der Waals surface area contributed by atoms with Crippen molar-refractivity contribution in [2.75, 3.05) is 0 Å². The van der Waals surface area contributed by atoms with Crippen LogP contribution in [-0.2, 0) is 0 Å². The van der Waals surface area contributed by atoms with Crippen molar-refractivity contribution in [2.45, 2.75) is 12.7 Å². The molecule has 20 heavy (non-hydrogen) atoms. The molecule has 2 aromatic carbocycles. The third-order valence-electron chi connectivity index (χ3n) is 2.81. The van der Waals surface area contributed by atoms with Crippen LogP contribution < -0.4 is 16.0 Å². The number of hydrogen-bond donors (Lipinski definition) is 2. The minimum Gasteiger partial charge on any atom is -0.435 e. The summed E-state index contributed by atoms with van der Waals surface area (Å²) in [5.74, 6) is 5.22. The summed E-state index contributed by atoms with van der Waals surface area (Å²) < 4.78 is 41.3. The second kappa shape index (κ2) is 6.40. The maximum absolute atomic E-state index is 12.9. The normalized spacial score (nSPS) is 12.4. The van der Waals surface area contributed by atoms with Crippen LogP contribution in [0.2, 0.25) is 0 Å². The van der Waals surface area contributed by atoms with E-state index in [9.17, 15) is 13.2 Å². The molecule has 0 heterocycles. The number of alkyl halides is 2. The van der Waals surface area contributed by atoms with E-state index in [1.807, 2.05) is 0 Å². The smallest absolute Gasteiger partial charge is 0.387 e. The molecule has 1 atom stereocenters. The van der Waals surface area contributed by atoms with Crippen molar-refractivity contribution < 1.29 is 17.9 Å². The van der Waals surface area contributed by atoms with Crippen molar-refractivity contribution in [1.82, 2.24) is 5.43 Å². The summed E-state index contributed by atoms with van der Waals surface area (Å²) in [5.41, 5.74) is 4.11. The summed E-state index contributed by atoms with van der Waals surface area (Å²) in [7, 11) is 0. The molecule has 0 bridgehead atoms. The standard InChI is InChI=1S/C14H13F3N2O/c15-11-5-1-9(2-6-11)13(19-18)10-3-7-12(8-4-10)20-14(16)17/h1-8,13-14,19H,18H2. The molecule has 1 unspecified atom stereocenters. The molecule has 106 valence electrons. The van der Waals surface area contributed by atoms with Gasteiger partial charge in [0, 0.05) is 0 Å². The van der Waals surface area contributed by atoms with E-state index >= 15 is 0 Å². The average molecular weight is 282 g/mol. The van der Waals surface area contributed by atoms with Crippen molar-refractivity contribution in [2.24, 2.45) is 5.84 Å². The van der Waals surface area contributed by atoms with Gasteiger partial charge in [0.2, 0.25) is 0 Å². The quantitative estimate of drug-likeness (QED) is 0.654. The number of halogens is 3. The number of ether oxygens (including phenoxy) is 1. The lowest BCUT2D eigenvalue weighted by Gasteiger charge is -2.17. The Kier molecular flexibility index (Phi) is 4.60. The molecule has 2 rings (SSSR count). The van der Waals surface area contributed by atoms with Crippen molar-refractivity contribution in [1.29, 1.82) is 0 Å². The Bertz CT molecular complexity index is 543. The number of nitrogens with two attached hydrogens (primary N) is 1. The predicted octanol–water partition coefficient (Wildman–Crippen LogP) is 2.98. The fourth-order valence-electron chi connectivity index (χ4n) is 1.88. The van der Waals surface area contributed by atoms with Crippen LogP contribution in [0.3, 0.4) is 0 Å². The first-order valence-corrected chi connectivity index (χ1v) is 5.86. The molecule has 0 saturated heterocycles. The van der Waals surface area contributed by atoms with Crippen LogP contribution in [0.25, 0.3) is 0 Å². The van der Waals surface area contributed by atoms with Gasteiger partial charge in [-0.25, -0.2) is 9.82 Å². The van der Waals surface area contributed by atoms with Crippen molar-refractivity contribution in [3.63, 3.8) is 0 Å². The third-order valence-corrected chi connectivity index (χ3v) is 2.81. The van der Waals surface area contributed by atoms with Gasteiger partial charge in [-0.05, 0) is 35.4 Å². The predicted molar refractivity (Wildman–Crippen MR) is 68.6 cm³/mol. The zero-order valence-corrected chi connectivity index (χ0v) is 10.4. The summed E-state index contributed by atoms with van der Waals surface area (Å²) in [5, 5.41) is 0. The Hall–Kier alpha value is -2.05. The molecule has 2 aromatic rings. The number of hydrogen-bond acceptors (Lipinski definition) is 3. The molecular weight excluding hydrogens is 269 g/mol. The monoisotopic (exact) mass is 282 g/mol. The van der Waals surface area contributed by atoms with Gasteiger partial charge < -0.3 is 4.74 Å². The van der Waals surface area contributed by atoms with Crippen LogP contribution in [0.5, 0.6) is 5.75 Å². The Labute approximate surface area is 114 Å². The Morgan fingerprint density at radius 2 is 1.40 bits per heavy atom. The zero-order valence-electron chi connectivity index (χ0n) is 10.4. The minimum absolute atomic E-state index is 0.0682. The highest BCUT2D eigenvalue weighted by Gasteiger charge is 2.13. The van der Waals surface area contributed by atoms with Crippen LogP contribution in [0.1, 0.15) is 17.2 Å². The van der Waals surface area contributed by atoms with E-state index < -0.39 is 6.61 Å². The number of benzene rings is 2. The average Bonchev–Trinajstić information content (AvgIpc) is 2.43. The van der Waals surface area contributed by atoms with Gasteiger partial charge in [0.05, 0.1) is 6.04 Å². The van der Waals surface area contributed by atoms with Crippen molar-refractivity contribution in [3.8, 4) is 5.75 Å². The lowest BCUT2D eigenvalue weighted by atomic mass is 9.99. The fraction of sp³-hybridized carbons (Fsp3) is 0.143. The number of hydrazine groups is 1. The molecule has 3 N–H and O–H groups in total. The second-order valence-electron chi connectivity index (χ2n) is 4.10. The van der Waals surface area contributed by atoms with Gasteiger partial charge in [0.25, 0.3) is 0 Å². The molecule has 3 nitrogen and oxygen atoms in total. The topological polar surface area (TPSA) is 47.3 Å². The zero-order chi connectivity index (χ0) is 14.5. The van der Waals surface area contributed by atoms with E-state index in [0.29, 0.717) is 0 Å². The van der Waals surface area contributed by atoms with Gasteiger partial charge >= 0.3 is 6.61 Å². The number of rotatable bonds is 5. The van der Waals surface area contributed by atoms with Crippen LogP contribution in [0.4, 0.5) is 13.2 Å². The van der Waals surface area contributed by atoms with Gasteiger partial charge in [-0.2, -0.15) is 8.78 Å². The van der Waals surface area contributed by atoms with E-state index in [2.05, 4.69) is 10.2 Å². The van der Waals surface area contributed by atoms with Crippen LogP contribution in [0, 0.1) is 5.82 Å². The molecule has 0 radical (unpaired) electrons. The van der Waals surface area contributed by atoms with E-state index in [1.165, 1.54) is 24.3 Å². The van der Waals surface area contributed by atoms with Crippen molar-refractivity contribution >= 4 is 0 Å². The molecule has 0 aliphatic heterocycles. The van der Waals surface area contributed by atoms with E-state index in [4.69, 9.17) is 5.84 Å². The largest absolute Gasteiger partial charge is 0.435 e. The SMILES string of the molecule is NNC(c1ccc(F)cc1)c1ccc(OC(F)F)cc1. The highest BCUT2D eigenvalue weighted by atomic mass is 19.3. The molecule has 0 spiro atoms. The van der Waals surface area contributed by atoms with Crippen LogP contribution in [-0.4, -0.2) is 6.61 Å². The van der Waals surface area contributed by atoms with E-state index in [1.54, 1.807) is 24.3 Å². The Balaban J connectivity index is 2.21. The molecule has 0 fully saturated rings. The van der Waals surface area contributed by atoms with Crippen molar-refractivity contribution in [3.05, 3.63) is 65.5 Å². The summed E-state index contributed by atoms with van der Waals surface area (Å²) in [6.07, 6.45) is 0. The fourth-order valence-corrected chi connectivity index (χ4v) is 1.88. The molecule has 0 aromatic heterocycles. The van der Waals surface area contributed by atoms with Crippen LogP contribution in [0.15, 0.2) is 48.5 Å². The first-order chi connectivity index (χ1) is 9.60. The van der Waals surface area contributed by atoms with Gasteiger partial charge in [0.1, 0.15) is 11.6 Å². The van der Waals surface area contributed by atoms with E-state index in [0.717, 1.165) is 11.1 Å². The maximum Gasteiger partial charge on any atom is 0.387 e. The lowest BCUT2D eigenvalue weighted by molar-refractivity contribution is -0.0498. The lowest BCUT2D eigenvalue weighted by Crippen LogP contribution is -2.28. The molecular formula is C14H13F3N2O.